The zero-order valence-corrected chi connectivity index (χ0v) is 10.2. The van der Waals surface area contributed by atoms with Crippen molar-refractivity contribution in [1.82, 2.24) is 10.5 Å². The van der Waals surface area contributed by atoms with Crippen LogP contribution in [0.15, 0.2) is 4.52 Å². The van der Waals surface area contributed by atoms with Crippen molar-refractivity contribution in [3.8, 4) is 0 Å². The van der Waals surface area contributed by atoms with Crippen molar-refractivity contribution in [1.29, 1.82) is 0 Å². The van der Waals surface area contributed by atoms with Gasteiger partial charge in [-0.15, -0.1) is 0 Å². The van der Waals surface area contributed by atoms with Gasteiger partial charge in [0.25, 0.3) is 0 Å². The molecule has 0 aromatic carbocycles. The lowest BCUT2D eigenvalue weighted by molar-refractivity contribution is 0.187. The molecule has 1 fully saturated rings. The van der Waals surface area contributed by atoms with Crippen LogP contribution in [0, 0.1) is 13.8 Å². The van der Waals surface area contributed by atoms with Crippen LogP contribution in [0.25, 0.3) is 0 Å². The summed E-state index contributed by atoms with van der Waals surface area (Å²) in [7, 11) is 0. The smallest absolute Gasteiger partial charge is 0.138 e. The molecule has 2 heterocycles. The highest BCUT2D eigenvalue weighted by atomic mass is 16.5. The minimum Gasteiger partial charge on any atom is -0.380 e. The van der Waals surface area contributed by atoms with E-state index in [0.29, 0.717) is 12.1 Å². The van der Waals surface area contributed by atoms with Crippen molar-refractivity contribution < 1.29 is 9.26 Å². The second kappa shape index (κ2) is 4.97. The molecule has 1 N–H and O–H groups in total. The summed E-state index contributed by atoms with van der Waals surface area (Å²) in [5.41, 5.74) is 2.21. The molecule has 1 saturated heterocycles. The second-order valence-electron chi connectivity index (χ2n) is 4.43. The maximum Gasteiger partial charge on any atom is 0.138 e. The molecular formula is C12H20N2O2. The SMILES string of the molecule is CCC(NC1CCOC1)c1c(C)noc1C. The second-order valence-corrected chi connectivity index (χ2v) is 4.43. The van der Waals surface area contributed by atoms with Crippen molar-refractivity contribution in [2.24, 2.45) is 0 Å². The molecule has 0 amide bonds. The van der Waals surface area contributed by atoms with Gasteiger partial charge in [-0.25, -0.2) is 0 Å². The highest BCUT2D eigenvalue weighted by Gasteiger charge is 2.23. The van der Waals surface area contributed by atoms with Crippen molar-refractivity contribution in [3.63, 3.8) is 0 Å². The van der Waals surface area contributed by atoms with Crippen molar-refractivity contribution in [3.05, 3.63) is 17.0 Å². The third kappa shape index (κ3) is 2.28. The van der Waals surface area contributed by atoms with Crippen LogP contribution < -0.4 is 5.32 Å². The summed E-state index contributed by atoms with van der Waals surface area (Å²) in [5.74, 6) is 0.927. The Morgan fingerprint density at radius 1 is 1.50 bits per heavy atom. The molecule has 0 saturated carbocycles. The summed E-state index contributed by atoms with van der Waals surface area (Å²) < 4.78 is 10.6. The van der Waals surface area contributed by atoms with Gasteiger partial charge >= 0.3 is 0 Å². The Bertz CT molecular complexity index is 323. The molecule has 1 aliphatic heterocycles. The quantitative estimate of drug-likeness (QED) is 0.851. The van der Waals surface area contributed by atoms with Gasteiger partial charge in [-0.05, 0) is 26.7 Å². The first-order chi connectivity index (χ1) is 7.72. The Kier molecular flexibility index (Phi) is 3.61. The Balaban J connectivity index is 2.09. The molecule has 0 spiro atoms. The van der Waals surface area contributed by atoms with E-state index in [4.69, 9.17) is 9.26 Å². The maximum atomic E-state index is 5.38. The molecule has 1 aliphatic rings. The summed E-state index contributed by atoms with van der Waals surface area (Å²) in [4.78, 5) is 0. The van der Waals surface area contributed by atoms with Gasteiger partial charge < -0.3 is 14.6 Å². The lowest BCUT2D eigenvalue weighted by Gasteiger charge is -2.20. The fourth-order valence-electron chi connectivity index (χ4n) is 2.34. The highest BCUT2D eigenvalue weighted by molar-refractivity contribution is 5.25. The van der Waals surface area contributed by atoms with Gasteiger partial charge in [0, 0.05) is 24.3 Å². The number of hydrogen-bond donors (Lipinski definition) is 1. The summed E-state index contributed by atoms with van der Waals surface area (Å²) in [6.45, 7) is 7.85. The fraction of sp³-hybridized carbons (Fsp3) is 0.750. The average molecular weight is 224 g/mol. The molecule has 0 bridgehead atoms. The zero-order chi connectivity index (χ0) is 11.5. The van der Waals surface area contributed by atoms with Gasteiger partial charge in [-0.2, -0.15) is 0 Å². The first-order valence-corrected chi connectivity index (χ1v) is 5.99. The number of rotatable bonds is 4. The molecule has 0 aliphatic carbocycles. The van der Waals surface area contributed by atoms with Crippen LogP contribution in [-0.2, 0) is 4.74 Å². The maximum absolute atomic E-state index is 5.38. The lowest BCUT2D eigenvalue weighted by atomic mass is 10.0. The summed E-state index contributed by atoms with van der Waals surface area (Å²) in [6.07, 6.45) is 2.14. The predicted octanol–water partition coefficient (Wildman–Crippen LogP) is 2.12. The van der Waals surface area contributed by atoms with Gasteiger partial charge in [-0.1, -0.05) is 12.1 Å². The van der Waals surface area contributed by atoms with Gasteiger partial charge in [0.05, 0.1) is 12.3 Å². The fourth-order valence-corrected chi connectivity index (χ4v) is 2.34. The monoisotopic (exact) mass is 224 g/mol. The van der Waals surface area contributed by atoms with E-state index in [0.717, 1.165) is 37.5 Å². The van der Waals surface area contributed by atoms with Crippen LogP contribution in [0.2, 0.25) is 0 Å². The Morgan fingerprint density at radius 2 is 2.31 bits per heavy atom. The van der Waals surface area contributed by atoms with E-state index in [-0.39, 0.29) is 0 Å². The molecule has 2 rings (SSSR count). The average Bonchev–Trinajstić information content (AvgIpc) is 2.87. The van der Waals surface area contributed by atoms with Crippen LogP contribution in [0.3, 0.4) is 0 Å². The Morgan fingerprint density at radius 3 is 2.81 bits per heavy atom. The molecule has 16 heavy (non-hydrogen) atoms. The van der Waals surface area contributed by atoms with Crippen LogP contribution in [0.1, 0.15) is 42.8 Å². The zero-order valence-electron chi connectivity index (χ0n) is 10.2. The molecular weight excluding hydrogens is 204 g/mol. The van der Waals surface area contributed by atoms with Gasteiger partial charge in [-0.3, -0.25) is 0 Å². The molecule has 0 radical (unpaired) electrons. The van der Waals surface area contributed by atoms with E-state index in [1.807, 2.05) is 13.8 Å². The number of hydrogen-bond acceptors (Lipinski definition) is 4. The third-order valence-electron chi connectivity index (χ3n) is 3.21. The highest BCUT2D eigenvalue weighted by Crippen LogP contribution is 2.25. The third-order valence-corrected chi connectivity index (χ3v) is 3.21. The van der Waals surface area contributed by atoms with E-state index < -0.39 is 0 Å². The first kappa shape index (κ1) is 11.6. The molecule has 4 heteroatoms. The van der Waals surface area contributed by atoms with E-state index in [9.17, 15) is 0 Å². The van der Waals surface area contributed by atoms with Crippen molar-refractivity contribution >= 4 is 0 Å². The largest absolute Gasteiger partial charge is 0.380 e. The summed E-state index contributed by atoms with van der Waals surface area (Å²) in [5, 5.41) is 7.64. The number of nitrogens with zero attached hydrogens (tertiary/aromatic N) is 1. The molecule has 1 aromatic rings. The van der Waals surface area contributed by atoms with Gasteiger partial charge in [0.15, 0.2) is 0 Å². The minimum atomic E-state index is 0.331. The molecule has 2 unspecified atom stereocenters. The number of ether oxygens (including phenoxy) is 1. The van der Waals surface area contributed by atoms with E-state index in [2.05, 4.69) is 17.4 Å². The van der Waals surface area contributed by atoms with E-state index >= 15 is 0 Å². The standard InChI is InChI=1S/C12H20N2O2/c1-4-11(13-10-5-6-15-7-10)12-8(2)14-16-9(12)3/h10-11,13H,4-7H2,1-3H3. The topological polar surface area (TPSA) is 47.3 Å². The number of aromatic nitrogens is 1. The molecule has 90 valence electrons. The minimum absolute atomic E-state index is 0.331. The predicted molar refractivity (Wildman–Crippen MR) is 61.4 cm³/mol. The van der Waals surface area contributed by atoms with E-state index in [1.54, 1.807) is 0 Å². The molecule has 2 atom stereocenters. The van der Waals surface area contributed by atoms with E-state index in [1.165, 1.54) is 5.56 Å². The number of nitrogens with one attached hydrogen (secondary N) is 1. The van der Waals surface area contributed by atoms with Crippen LogP contribution >= 0.6 is 0 Å². The lowest BCUT2D eigenvalue weighted by Crippen LogP contribution is -2.33. The summed E-state index contributed by atoms with van der Waals surface area (Å²) >= 11 is 0. The Labute approximate surface area is 96.3 Å². The Hall–Kier alpha value is -0.870. The molecule has 4 nitrogen and oxygen atoms in total. The van der Waals surface area contributed by atoms with Gasteiger partial charge in [0.1, 0.15) is 5.76 Å². The van der Waals surface area contributed by atoms with Crippen LogP contribution in [0.5, 0.6) is 0 Å². The van der Waals surface area contributed by atoms with Crippen molar-refractivity contribution in [2.75, 3.05) is 13.2 Å². The van der Waals surface area contributed by atoms with Crippen LogP contribution in [0.4, 0.5) is 0 Å². The van der Waals surface area contributed by atoms with Crippen molar-refractivity contribution in [2.45, 2.75) is 45.7 Å². The van der Waals surface area contributed by atoms with Crippen LogP contribution in [-0.4, -0.2) is 24.4 Å². The first-order valence-electron chi connectivity index (χ1n) is 5.99. The number of aryl methyl sites for hydroxylation is 2. The molecule has 1 aromatic heterocycles. The summed E-state index contributed by atoms with van der Waals surface area (Å²) in [6, 6.07) is 0.802. The normalized spacial score (nSPS) is 22.6. The van der Waals surface area contributed by atoms with Gasteiger partial charge in [0.2, 0.25) is 0 Å².